The number of nitrogens with one attached hydrogen (secondary N) is 1. The molecule has 0 spiro atoms. The van der Waals surface area contributed by atoms with Crippen LogP contribution in [0.2, 0.25) is 0 Å². The average Bonchev–Trinajstić information content (AvgIpc) is 3.51. The number of aliphatic hydroxyl groups excluding tert-OH is 4. The van der Waals surface area contributed by atoms with Crippen molar-refractivity contribution >= 4 is 5.91 Å². The zero-order chi connectivity index (χ0) is 60.8. The SMILES string of the molecule is CCCCCCCCCCCCCCC/C=C\C/C=C\CCCCCCCCCCCCCCCCCCC(O)C(=O)NC(CO)C(O)C(O)CCCCCCCCCCCCCCCCCCCCCCCCCCCCCCCCCC. The third-order valence-electron chi connectivity index (χ3n) is 18.7. The summed E-state index contributed by atoms with van der Waals surface area (Å²) < 4.78 is 0. The normalized spacial score (nSPS) is 13.5. The lowest BCUT2D eigenvalue weighted by molar-refractivity contribution is -0.132. The first-order valence-electron chi connectivity index (χ1n) is 38.7. The third-order valence-corrected chi connectivity index (χ3v) is 18.7. The summed E-state index contributed by atoms with van der Waals surface area (Å²) in [6.07, 6.45) is 93.4. The minimum atomic E-state index is -1.26. The zero-order valence-corrected chi connectivity index (χ0v) is 57.2. The molecule has 0 saturated carbocycles. The summed E-state index contributed by atoms with van der Waals surface area (Å²) in [5.74, 6) is -0.575. The highest BCUT2D eigenvalue weighted by atomic mass is 16.3. The van der Waals surface area contributed by atoms with Crippen molar-refractivity contribution in [1.82, 2.24) is 5.32 Å². The number of amides is 1. The number of carbonyl (C=O) groups excluding carboxylic acids is 1. The van der Waals surface area contributed by atoms with Gasteiger partial charge in [-0.1, -0.05) is 417 Å². The van der Waals surface area contributed by atoms with Gasteiger partial charge in [0.05, 0.1) is 18.8 Å². The van der Waals surface area contributed by atoms with Crippen molar-refractivity contribution < 1.29 is 25.2 Å². The molecular formula is C78H153NO5. The van der Waals surface area contributed by atoms with E-state index in [1.54, 1.807) is 0 Å². The number of carbonyl (C=O) groups is 1. The topological polar surface area (TPSA) is 110 Å². The van der Waals surface area contributed by atoms with Crippen molar-refractivity contribution in [2.24, 2.45) is 0 Å². The van der Waals surface area contributed by atoms with E-state index < -0.39 is 36.9 Å². The summed E-state index contributed by atoms with van der Waals surface area (Å²) >= 11 is 0. The van der Waals surface area contributed by atoms with Crippen molar-refractivity contribution in [2.75, 3.05) is 6.61 Å². The van der Waals surface area contributed by atoms with E-state index in [1.165, 1.54) is 366 Å². The molecule has 1 amide bonds. The van der Waals surface area contributed by atoms with E-state index in [2.05, 4.69) is 43.5 Å². The second-order valence-corrected chi connectivity index (χ2v) is 27.1. The standard InChI is InChI=1S/C78H153NO5/c1-3-5-7-9-11-13-15-17-19-21-23-25-27-29-31-33-35-37-38-39-40-42-44-46-48-50-52-54-56-58-60-62-64-66-68-70-72-76(82)78(84)79-74(73-80)77(83)75(81)71-69-67-65-63-61-59-57-55-53-51-49-47-45-43-41-36-34-32-30-28-26-24-22-20-18-16-14-12-10-8-6-4-2/h31,33,37-38,74-77,80-83H,3-30,32,34-36,39-73H2,1-2H3,(H,79,84)/b33-31-,38-37-. The van der Waals surface area contributed by atoms with Gasteiger partial charge in [0.2, 0.25) is 5.91 Å². The fraction of sp³-hybridized carbons (Fsp3) is 0.936. The smallest absolute Gasteiger partial charge is 0.249 e. The summed E-state index contributed by atoms with van der Waals surface area (Å²) in [5.41, 5.74) is 0. The highest BCUT2D eigenvalue weighted by Crippen LogP contribution is 2.21. The molecule has 0 aliphatic heterocycles. The quantitative estimate of drug-likeness (QED) is 0.0308. The fourth-order valence-corrected chi connectivity index (χ4v) is 12.7. The number of hydrogen-bond acceptors (Lipinski definition) is 5. The fourth-order valence-electron chi connectivity index (χ4n) is 12.7. The second-order valence-electron chi connectivity index (χ2n) is 27.1. The largest absolute Gasteiger partial charge is 0.394 e. The Hall–Kier alpha value is -1.21. The van der Waals surface area contributed by atoms with Crippen molar-refractivity contribution in [2.45, 2.75) is 462 Å². The lowest BCUT2D eigenvalue weighted by atomic mass is 9.99. The molecule has 84 heavy (non-hydrogen) atoms. The molecule has 0 aliphatic carbocycles. The molecule has 0 aliphatic rings. The van der Waals surface area contributed by atoms with Gasteiger partial charge in [0, 0.05) is 0 Å². The Kier molecular flexibility index (Phi) is 71.5. The van der Waals surface area contributed by atoms with Gasteiger partial charge in [-0.3, -0.25) is 4.79 Å². The maximum absolute atomic E-state index is 12.7. The van der Waals surface area contributed by atoms with Gasteiger partial charge in [-0.05, 0) is 44.9 Å². The van der Waals surface area contributed by atoms with Crippen LogP contribution in [0.3, 0.4) is 0 Å². The molecule has 6 nitrogen and oxygen atoms in total. The predicted octanol–water partition coefficient (Wildman–Crippen LogP) is 24.4. The monoisotopic (exact) mass is 1180 g/mol. The molecule has 0 rings (SSSR count). The Labute approximate surface area is 526 Å². The van der Waals surface area contributed by atoms with Crippen molar-refractivity contribution in [3.63, 3.8) is 0 Å². The summed E-state index contributed by atoms with van der Waals surface area (Å²) in [4.78, 5) is 12.7. The Morgan fingerprint density at radius 3 is 0.750 bits per heavy atom. The van der Waals surface area contributed by atoms with Crippen LogP contribution in [0.5, 0.6) is 0 Å². The van der Waals surface area contributed by atoms with Crippen molar-refractivity contribution in [3.05, 3.63) is 24.3 Å². The molecule has 0 aromatic rings. The minimum absolute atomic E-state index is 0.372. The maximum atomic E-state index is 12.7. The Morgan fingerprint density at radius 2 is 0.512 bits per heavy atom. The van der Waals surface area contributed by atoms with E-state index in [9.17, 15) is 25.2 Å². The molecule has 4 atom stereocenters. The first-order valence-corrected chi connectivity index (χ1v) is 38.7. The van der Waals surface area contributed by atoms with Gasteiger partial charge in [0.25, 0.3) is 0 Å². The second kappa shape index (κ2) is 72.5. The lowest BCUT2D eigenvalue weighted by Crippen LogP contribution is -2.53. The van der Waals surface area contributed by atoms with Crippen LogP contribution in [-0.2, 0) is 4.79 Å². The molecule has 0 bridgehead atoms. The summed E-state index contributed by atoms with van der Waals surface area (Å²) in [6.45, 7) is 4.12. The van der Waals surface area contributed by atoms with Gasteiger partial charge in [0.1, 0.15) is 12.2 Å². The number of unbranched alkanes of at least 4 members (excludes halogenated alkanes) is 60. The molecule has 6 heteroatoms. The lowest BCUT2D eigenvalue weighted by Gasteiger charge is -2.27. The van der Waals surface area contributed by atoms with E-state index in [0.717, 1.165) is 44.9 Å². The van der Waals surface area contributed by atoms with Gasteiger partial charge in [-0.2, -0.15) is 0 Å². The van der Waals surface area contributed by atoms with Gasteiger partial charge >= 0.3 is 0 Å². The van der Waals surface area contributed by atoms with E-state index in [0.29, 0.717) is 12.8 Å². The van der Waals surface area contributed by atoms with E-state index in [1.807, 2.05) is 0 Å². The van der Waals surface area contributed by atoms with Gasteiger partial charge < -0.3 is 25.7 Å². The van der Waals surface area contributed by atoms with Crippen molar-refractivity contribution in [3.8, 4) is 0 Å². The Morgan fingerprint density at radius 1 is 0.298 bits per heavy atom. The molecular weight excluding hydrogens is 1030 g/mol. The van der Waals surface area contributed by atoms with Crippen LogP contribution < -0.4 is 5.32 Å². The van der Waals surface area contributed by atoms with Crippen LogP contribution in [-0.4, -0.2) is 57.3 Å². The average molecular weight is 1190 g/mol. The van der Waals surface area contributed by atoms with Crippen LogP contribution in [0.4, 0.5) is 0 Å². The number of hydrogen-bond donors (Lipinski definition) is 5. The molecule has 0 aromatic carbocycles. The van der Waals surface area contributed by atoms with E-state index in [4.69, 9.17) is 0 Å². The Balaban J connectivity index is 3.51. The zero-order valence-electron chi connectivity index (χ0n) is 57.2. The summed E-state index contributed by atoms with van der Waals surface area (Å²) in [6, 6.07) is -0.986. The minimum Gasteiger partial charge on any atom is -0.394 e. The van der Waals surface area contributed by atoms with Crippen LogP contribution in [0.25, 0.3) is 0 Å². The van der Waals surface area contributed by atoms with Gasteiger partial charge in [-0.15, -0.1) is 0 Å². The van der Waals surface area contributed by atoms with Crippen molar-refractivity contribution in [1.29, 1.82) is 0 Å². The molecule has 0 heterocycles. The highest BCUT2D eigenvalue weighted by molar-refractivity contribution is 5.80. The van der Waals surface area contributed by atoms with Crippen LogP contribution in [0.1, 0.15) is 438 Å². The summed E-state index contributed by atoms with van der Waals surface area (Å²) in [5, 5.41) is 44.4. The molecule has 0 fully saturated rings. The van der Waals surface area contributed by atoms with E-state index >= 15 is 0 Å². The number of allylic oxidation sites excluding steroid dienone is 4. The number of rotatable bonds is 73. The Bertz CT molecular complexity index is 1290. The van der Waals surface area contributed by atoms with Crippen LogP contribution in [0.15, 0.2) is 24.3 Å². The molecule has 500 valence electrons. The first kappa shape index (κ1) is 82.8. The van der Waals surface area contributed by atoms with Gasteiger partial charge in [0.15, 0.2) is 0 Å². The molecule has 0 aromatic heterocycles. The van der Waals surface area contributed by atoms with Crippen LogP contribution >= 0.6 is 0 Å². The summed E-state index contributed by atoms with van der Waals surface area (Å²) in [7, 11) is 0. The molecule has 5 N–H and O–H groups in total. The maximum Gasteiger partial charge on any atom is 0.249 e. The molecule has 0 radical (unpaired) electrons. The molecule has 4 unspecified atom stereocenters. The van der Waals surface area contributed by atoms with Gasteiger partial charge in [-0.25, -0.2) is 0 Å². The third kappa shape index (κ3) is 65.2. The predicted molar refractivity (Wildman–Crippen MR) is 371 cm³/mol. The first-order chi connectivity index (χ1) is 41.5. The van der Waals surface area contributed by atoms with E-state index in [-0.39, 0.29) is 0 Å². The highest BCUT2D eigenvalue weighted by Gasteiger charge is 2.29. The van der Waals surface area contributed by atoms with Crippen LogP contribution in [0, 0.1) is 0 Å². The molecule has 0 saturated heterocycles. The number of aliphatic hydroxyl groups is 4.